The van der Waals surface area contributed by atoms with Crippen LogP contribution in [0.25, 0.3) is 0 Å². The Morgan fingerprint density at radius 2 is 1.89 bits per heavy atom. The summed E-state index contributed by atoms with van der Waals surface area (Å²) in [5.41, 5.74) is 3.77. The Morgan fingerprint density at radius 1 is 1.15 bits per heavy atom. The van der Waals surface area contributed by atoms with E-state index in [2.05, 4.69) is 78.9 Å². The molecule has 1 N–H and O–H groups in total. The van der Waals surface area contributed by atoms with E-state index in [0.717, 1.165) is 35.1 Å². The number of methoxy groups -OCH3 is 1. The standard InChI is InChI=1S/C37H53N3O6/c1-10-11-15-39(28-14-12-13-26(16-28)23-40(6,7)8)33(41)22-38-21-29(27-17-31(44-9)35-32(18-27)45-24-46-35)34(36(42)43)30(38)20-37(4,5)19-25(2)3/h12-14,16-19,29-30,34H,10-11,15,20-24H2,1-9H3/p+1/t29-,30+,34?/m1/s1. The first-order valence-corrected chi connectivity index (χ1v) is 16.4. The van der Waals surface area contributed by atoms with Crippen molar-refractivity contribution in [2.45, 2.75) is 72.4 Å². The van der Waals surface area contributed by atoms with Gasteiger partial charge in [-0.25, -0.2) is 0 Å². The number of carboxylic acids is 1. The summed E-state index contributed by atoms with van der Waals surface area (Å²) in [4.78, 5) is 31.5. The zero-order valence-corrected chi connectivity index (χ0v) is 29.3. The molecule has 9 nitrogen and oxygen atoms in total. The second-order valence-corrected chi connectivity index (χ2v) is 14.9. The van der Waals surface area contributed by atoms with Gasteiger partial charge in [0.25, 0.3) is 0 Å². The summed E-state index contributed by atoms with van der Waals surface area (Å²) < 4.78 is 17.7. The number of amides is 1. The summed E-state index contributed by atoms with van der Waals surface area (Å²) in [5.74, 6) is -0.404. The fourth-order valence-electron chi connectivity index (χ4n) is 7.17. The molecule has 0 aliphatic carbocycles. The monoisotopic (exact) mass is 636 g/mol. The van der Waals surface area contributed by atoms with Crippen LogP contribution >= 0.6 is 0 Å². The van der Waals surface area contributed by atoms with Crippen LogP contribution in [0.5, 0.6) is 17.2 Å². The first kappa shape index (κ1) is 35.3. The molecule has 3 atom stereocenters. The maximum atomic E-state index is 14.3. The van der Waals surface area contributed by atoms with E-state index in [9.17, 15) is 14.7 Å². The number of aliphatic carboxylic acids is 1. The molecule has 1 saturated heterocycles. The third kappa shape index (κ3) is 8.62. The van der Waals surface area contributed by atoms with Gasteiger partial charge in [0.2, 0.25) is 18.4 Å². The molecule has 1 unspecified atom stereocenters. The first-order valence-electron chi connectivity index (χ1n) is 16.4. The van der Waals surface area contributed by atoms with Gasteiger partial charge in [-0.2, -0.15) is 0 Å². The van der Waals surface area contributed by atoms with Gasteiger partial charge in [0.15, 0.2) is 11.5 Å². The molecule has 4 rings (SSSR count). The molecule has 2 aromatic carbocycles. The van der Waals surface area contributed by atoms with Crippen molar-refractivity contribution in [2.24, 2.45) is 11.3 Å². The number of rotatable bonds is 14. The minimum absolute atomic E-state index is 0.0195. The van der Waals surface area contributed by atoms with E-state index in [-0.39, 0.29) is 36.6 Å². The highest BCUT2D eigenvalue weighted by Crippen LogP contribution is 2.48. The highest BCUT2D eigenvalue weighted by molar-refractivity contribution is 5.95. The number of anilines is 1. The summed E-state index contributed by atoms with van der Waals surface area (Å²) in [6, 6.07) is 11.6. The van der Waals surface area contributed by atoms with Gasteiger partial charge in [-0.3, -0.25) is 14.5 Å². The Balaban J connectivity index is 1.72. The van der Waals surface area contributed by atoms with Crippen LogP contribution in [0, 0.1) is 11.3 Å². The predicted octanol–water partition coefficient (Wildman–Crippen LogP) is 6.31. The number of allylic oxidation sites excluding steroid dienone is 2. The van der Waals surface area contributed by atoms with Crippen LogP contribution in [0.2, 0.25) is 0 Å². The van der Waals surface area contributed by atoms with Gasteiger partial charge in [0, 0.05) is 36.3 Å². The van der Waals surface area contributed by atoms with Gasteiger partial charge >= 0.3 is 5.97 Å². The van der Waals surface area contributed by atoms with Crippen molar-refractivity contribution in [3.8, 4) is 17.2 Å². The third-order valence-electron chi connectivity index (χ3n) is 8.81. The summed E-state index contributed by atoms with van der Waals surface area (Å²) in [6.07, 6.45) is 4.63. The van der Waals surface area contributed by atoms with Crippen LogP contribution in [0.4, 0.5) is 5.69 Å². The van der Waals surface area contributed by atoms with Gasteiger partial charge in [0.05, 0.1) is 40.7 Å². The number of fused-ring (bicyclic) bond motifs is 1. The van der Waals surface area contributed by atoms with Gasteiger partial charge in [-0.1, -0.05) is 51.0 Å². The van der Waals surface area contributed by atoms with Crippen molar-refractivity contribution in [3.63, 3.8) is 0 Å². The Labute approximate surface area is 275 Å². The highest BCUT2D eigenvalue weighted by atomic mass is 16.7. The molecule has 0 bridgehead atoms. The average molecular weight is 637 g/mol. The van der Waals surface area contributed by atoms with Crippen LogP contribution in [0.3, 0.4) is 0 Å². The number of hydrogen-bond acceptors (Lipinski definition) is 6. The second-order valence-electron chi connectivity index (χ2n) is 14.9. The number of unbranched alkanes of at least 4 members (excludes halogenated alkanes) is 1. The van der Waals surface area contributed by atoms with E-state index in [1.54, 1.807) is 7.11 Å². The number of likely N-dealkylation sites (tertiary alicyclic amines) is 1. The van der Waals surface area contributed by atoms with Crippen LogP contribution in [0.15, 0.2) is 48.0 Å². The highest BCUT2D eigenvalue weighted by Gasteiger charge is 2.49. The molecule has 2 aromatic rings. The van der Waals surface area contributed by atoms with Crippen molar-refractivity contribution in [2.75, 3.05) is 59.6 Å². The minimum Gasteiger partial charge on any atom is -0.493 e. The Morgan fingerprint density at radius 3 is 2.52 bits per heavy atom. The van der Waals surface area contributed by atoms with Gasteiger partial charge in [0.1, 0.15) is 6.54 Å². The van der Waals surface area contributed by atoms with Gasteiger partial charge in [-0.15, -0.1) is 0 Å². The topological polar surface area (TPSA) is 88.5 Å². The number of carbonyl (C=O) groups is 2. The number of carboxylic acid groups (broad SMARTS) is 1. The molecule has 252 valence electrons. The molecule has 1 fully saturated rings. The lowest BCUT2D eigenvalue weighted by Gasteiger charge is -2.34. The molecular formula is C37H54N3O6+. The van der Waals surface area contributed by atoms with Crippen molar-refractivity contribution in [1.82, 2.24) is 4.90 Å². The molecule has 46 heavy (non-hydrogen) atoms. The molecular weight excluding hydrogens is 582 g/mol. The Bertz CT molecular complexity index is 1420. The average Bonchev–Trinajstić information content (AvgIpc) is 3.56. The van der Waals surface area contributed by atoms with Crippen molar-refractivity contribution in [1.29, 1.82) is 0 Å². The van der Waals surface area contributed by atoms with E-state index < -0.39 is 11.9 Å². The van der Waals surface area contributed by atoms with Crippen LogP contribution in [-0.4, -0.2) is 87.1 Å². The minimum atomic E-state index is -0.870. The number of ether oxygens (including phenoxy) is 3. The zero-order valence-electron chi connectivity index (χ0n) is 29.3. The molecule has 0 aromatic heterocycles. The largest absolute Gasteiger partial charge is 0.493 e. The normalized spacial score (nSPS) is 19.6. The van der Waals surface area contributed by atoms with Crippen molar-refractivity contribution >= 4 is 17.6 Å². The van der Waals surface area contributed by atoms with E-state index in [4.69, 9.17) is 14.2 Å². The smallest absolute Gasteiger partial charge is 0.308 e. The fraction of sp³-hybridized carbons (Fsp3) is 0.568. The van der Waals surface area contributed by atoms with Gasteiger partial charge < -0.3 is 28.7 Å². The summed E-state index contributed by atoms with van der Waals surface area (Å²) >= 11 is 0. The first-order chi connectivity index (χ1) is 21.6. The number of benzene rings is 2. The molecule has 2 aliphatic heterocycles. The molecule has 1 amide bonds. The number of quaternary nitrogens is 1. The summed E-state index contributed by atoms with van der Waals surface area (Å²) in [7, 11) is 8.03. The second kappa shape index (κ2) is 14.5. The fourth-order valence-corrected chi connectivity index (χ4v) is 7.17. The number of hydrogen-bond donors (Lipinski definition) is 1. The van der Waals surface area contributed by atoms with Crippen LogP contribution in [-0.2, 0) is 16.1 Å². The summed E-state index contributed by atoms with van der Waals surface area (Å²) in [5, 5.41) is 10.8. The molecule has 9 heteroatoms. The van der Waals surface area contributed by atoms with Crippen molar-refractivity contribution in [3.05, 3.63) is 59.2 Å². The molecule has 0 spiro atoms. The van der Waals surface area contributed by atoms with E-state index >= 15 is 0 Å². The lowest BCUT2D eigenvalue weighted by molar-refractivity contribution is -0.884. The van der Waals surface area contributed by atoms with Crippen LogP contribution in [0.1, 0.15) is 70.9 Å². The van der Waals surface area contributed by atoms with E-state index in [1.807, 2.05) is 29.2 Å². The van der Waals surface area contributed by atoms with E-state index in [1.165, 1.54) is 11.1 Å². The zero-order chi connectivity index (χ0) is 33.8. The van der Waals surface area contributed by atoms with Crippen molar-refractivity contribution < 1.29 is 33.4 Å². The van der Waals surface area contributed by atoms with Crippen LogP contribution < -0.4 is 19.1 Å². The van der Waals surface area contributed by atoms with Gasteiger partial charge in [-0.05, 0) is 61.9 Å². The Hall–Kier alpha value is -3.56. The maximum absolute atomic E-state index is 14.3. The van der Waals surface area contributed by atoms with E-state index in [0.29, 0.717) is 36.8 Å². The molecule has 2 aliphatic rings. The molecule has 0 saturated carbocycles. The maximum Gasteiger partial charge on any atom is 0.308 e. The molecule has 2 heterocycles. The number of carbonyl (C=O) groups excluding carboxylic acids is 1. The molecule has 0 radical (unpaired) electrons. The predicted molar refractivity (Wildman–Crippen MR) is 182 cm³/mol. The number of nitrogens with zero attached hydrogens (tertiary/aromatic N) is 3. The lowest BCUT2D eigenvalue weighted by Crippen LogP contribution is -2.45. The lowest BCUT2D eigenvalue weighted by atomic mass is 9.77. The third-order valence-corrected chi connectivity index (χ3v) is 8.81. The summed E-state index contributed by atoms with van der Waals surface area (Å²) in [6.45, 7) is 12.6. The quantitative estimate of drug-likeness (QED) is 0.192. The Kier molecular flexibility index (Phi) is 11.1. The SMILES string of the molecule is CCCCN(C(=O)CN1C[C@H](c2cc(OC)c3c(c2)OCO3)C(C(=O)O)[C@@H]1CC(C)(C)C=C(C)C)c1cccc(C[N+](C)(C)C)c1.